The molecule has 2 atom stereocenters. The van der Waals surface area contributed by atoms with E-state index in [4.69, 9.17) is 0 Å². The molecule has 3 rings (SSSR count). The van der Waals surface area contributed by atoms with Gasteiger partial charge in [0.15, 0.2) is 0 Å². The summed E-state index contributed by atoms with van der Waals surface area (Å²) in [5.41, 5.74) is 1.74. The van der Waals surface area contributed by atoms with E-state index in [2.05, 4.69) is 46.8 Å². The first kappa shape index (κ1) is 19.1. The van der Waals surface area contributed by atoms with Gasteiger partial charge in [0, 0.05) is 23.8 Å². The number of nitrogens with one attached hydrogen (secondary N) is 3. The largest absolute Gasteiger partial charge is 0.391 e. The quantitative estimate of drug-likeness (QED) is 0.445. The van der Waals surface area contributed by atoms with E-state index in [1.807, 2.05) is 49.4 Å². The van der Waals surface area contributed by atoms with Gasteiger partial charge in [-0.3, -0.25) is 0 Å². The highest BCUT2D eigenvalue weighted by molar-refractivity contribution is 9.10. The van der Waals surface area contributed by atoms with Crippen molar-refractivity contribution in [2.75, 3.05) is 16.0 Å². The molecule has 0 fully saturated rings. The minimum atomic E-state index is -0.502. The van der Waals surface area contributed by atoms with Crippen molar-refractivity contribution in [3.05, 3.63) is 59.3 Å². The SMILES string of the molecule is C[C@@H](O)[C@@H](C)Nc1nc(Nc2cccc(Nc3ccccn3)c2)ncc1Br. The summed E-state index contributed by atoms with van der Waals surface area (Å²) in [7, 11) is 0. The molecule has 7 nitrogen and oxygen atoms in total. The van der Waals surface area contributed by atoms with Crippen LogP contribution in [0.5, 0.6) is 0 Å². The number of benzene rings is 1. The molecule has 27 heavy (non-hydrogen) atoms. The van der Waals surface area contributed by atoms with Gasteiger partial charge in [-0.05, 0) is 60.1 Å². The van der Waals surface area contributed by atoms with Crippen LogP contribution in [0.4, 0.5) is 29.0 Å². The maximum atomic E-state index is 9.68. The average molecular weight is 429 g/mol. The van der Waals surface area contributed by atoms with Gasteiger partial charge in [0.25, 0.3) is 0 Å². The summed E-state index contributed by atoms with van der Waals surface area (Å²) < 4.78 is 0.728. The molecule has 0 unspecified atom stereocenters. The zero-order chi connectivity index (χ0) is 19.2. The summed E-state index contributed by atoms with van der Waals surface area (Å²) in [6.07, 6.45) is 2.91. The molecule has 0 aliphatic carbocycles. The molecule has 4 N–H and O–H groups in total. The topological polar surface area (TPSA) is 95.0 Å². The minimum Gasteiger partial charge on any atom is -0.391 e. The van der Waals surface area contributed by atoms with Crippen LogP contribution in [0.1, 0.15) is 13.8 Å². The van der Waals surface area contributed by atoms with Crippen LogP contribution in [0, 0.1) is 0 Å². The Morgan fingerprint density at radius 3 is 2.48 bits per heavy atom. The summed E-state index contributed by atoms with van der Waals surface area (Å²) in [5.74, 6) is 1.84. The first-order valence-electron chi connectivity index (χ1n) is 8.53. The molecular formula is C19H21BrN6O. The number of nitrogens with zero attached hydrogens (tertiary/aromatic N) is 3. The number of halogens is 1. The highest BCUT2D eigenvalue weighted by Crippen LogP contribution is 2.24. The van der Waals surface area contributed by atoms with Gasteiger partial charge >= 0.3 is 0 Å². The number of pyridine rings is 1. The third-order valence-electron chi connectivity index (χ3n) is 3.89. The molecular weight excluding hydrogens is 408 g/mol. The molecule has 140 valence electrons. The lowest BCUT2D eigenvalue weighted by Gasteiger charge is -2.18. The van der Waals surface area contributed by atoms with Gasteiger partial charge in [-0.1, -0.05) is 12.1 Å². The second kappa shape index (κ2) is 8.79. The van der Waals surface area contributed by atoms with E-state index < -0.39 is 6.10 Å². The second-order valence-corrected chi connectivity index (χ2v) is 6.96. The normalized spacial score (nSPS) is 12.9. The number of hydrogen-bond donors (Lipinski definition) is 4. The van der Waals surface area contributed by atoms with Gasteiger partial charge in [-0.15, -0.1) is 0 Å². The highest BCUT2D eigenvalue weighted by atomic mass is 79.9. The van der Waals surface area contributed by atoms with Crippen LogP contribution < -0.4 is 16.0 Å². The predicted octanol–water partition coefficient (Wildman–Crippen LogP) is 4.30. The zero-order valence-electron chi connectivity index (χ0n) is 15.0. The lowest BCUT2D eigenvalue weighted by atomic mass is 10.2. The lowest BCUT2D eigenvalue weighted by Crippen LogP contribution is -2.28. The Bertz CT molecular complexity index is 890. The fraction of sp³-hybridized carbons (Fsp3) is 0.211. The average Bonchev–Trinajstić information content (AvgIpc) is 2.65. The molecule has 0 spiro atoms. The number of aromatic nitrogens is 3. The van der Waals surface area contributed by atoms with Gasteiger partial charge < -0.3 is 21.1 Å². The lowest BCUT2D eigenvalue weighted by molar-refractivity contribution is 0.177. The van der Waals surface area contributed by atoms with Crippen LogP contribution in [-0.2, 0) is 0 Å². The summed E-state index contributed by atoms with van der Waals surface area (Å²) >= 11 is 3.43. The standard InChI is InChI=1S/C19H21BrN6O/c1-12(13(2)27)23-18-16(20)11-22-19(26-18)25-15-7-5-6-14(10-15)24-17-8-3-4-9-21-17/h3-13,27H,1-2H3,(H,21,24)(H2,22,23,25,26)/t12-,13-/m1/s1. The van der Waals surface area contributed by atoms with Crippen molar-refractivity contribution >= 4 is 44.9 Å². The summed E-state index contributed by atoms with van der Waals surface area (Å²) in [4.78, 5) is 13.0. The summed E-state index contributed by atoms with van der Waals surface area (Å²) in [6, 6.07) is 13.3. The van der Waals surface area contributed by atoms with Crippen molar-refractivity contribution in [1.29, 1.82) is 0 Å². The molecule has 1 aromatic carbocycles. The number of aliphatic hydroxyl groups excluding tert-OH is 1. The Kier molecular flexibility index (Phi) is 6.20. The van der Waals surface area contributed by atoms with Crippen LogP contribution >= 0.6 is 15.9 Å². The molecule has 0 aliphatic heterocycles. The summed E-state index contributed by atoms with van der Waals surface area (Å²) in [5, 5.41) is 19.3. The van der Waals surface area contributed by atoms with Crippen molar-refractivity contribution in [2.45, 2.75) is 26.0 Å². The molecule has 8 heteroatoms. The van der Waals surface area contributed by atoms with Gasteiger partial charge in [0.05, 0.1) is 16.6 Å². The van der Waals surface area contributed by atoms with E-state index in [1.54, 1.807) is 19.3 Å². The van der Waals surface area contributed by atoms with Gasteiger partial charge in [0.1, 0.15) is 11.6 Å². The summed E-state index contributed by atoms with van der Waals surface area (Å²) in [6.45, 7) is 3.62. The van der Waals surface area contributed by atoms with E-state index in [9.17, 15) is 5.11 Å². The fourth-order valence-electron chi connectivity index (χ4n) is 2.25. The Balaban J connectivity index is 1.74. The number of rotatable bonds is 7. The molecule has 0 bridgehead atoms. The molecule has 0 radical (unpaired) electrons. The molecule has 2 aromatic heterocycles. The van der Waals surface area contributed by atoms with E-state index in [-0.39, 0.29) is 6.04 Å². The number of hydrogen-bond acceptors (Lipinski definition) is 7. The van der Waals surface area contributed by atoms with Crippen molar-refractivity contribution in [1.82, 2.24) is 15.0 Å². The Morgan fingerprint density at radius 2 is 1.78 bits per heavy atom. The van der Waals surface area contributed by atoms with E-state index in [0.717, 1.165) is 21.7 Å². The first-order valence-corrected chi connectivity index (χ1v) is 9.33. The van der Waals surface area contributed by atoms with Crippen molar-refractivity contribution in [2.24, 2.45) is 0 Å². The second-order valence-electron chi connectivity index (χ2n) is 6.11. The van der Waals surface area contributed by atoms with E-state index in [1.165, 1.54) is 0 Å². The maximum absolute atomic E-state index is 9.68. The molecule has 2 heterocycles. The van der Waals surface area contributed by atoms with Gasteiger partial charge in [-0.2, -0.15) is 4.98 Å². The van der Waals surface area contributed by atoms with E-state index >= 15 is 0 Å². The smallest absolute Gasteiger partial charge is 0.229 e. The Morgan fingerprint density at radius 1 is 1.00 bits per heavy atom. The van der Waals surface area contributed by atoms with Gasteiger partial charge in [-0.25, -0.2) is 9.97 Å². The Labute approximate surface area is 166 Å². The number of anilines is 5. The van der Waals surface area contributed by atoms with Gasteiger partial charge in [0.2, 0.25) is 5.95 Å². The zero-order valence-corrected chi connectivity index (χ0v) is 16.6. The fourth-order valence-corrected chi connectivity index (χ4v) is 2.56. The molecule has 0 amide bonds. The van der Waals surface area contributed by atoms with Crippen LogP contribution in [0.3, 0.4) is 0 Å². The van der Waals surface area contributed by atoms with Crippen molar-refractivity contribution in [3.8, 4) is 0 Å². The third kappa shape index (κ3) is 5.38. The molecule has 3 aromatic rings. The molecule has 0 saturated carbocycles. The monoisotopic (exact) mass is 428 g/mol. The van der Waals surface area contributed by atoms with Crippen LogP contribution in [0.25, 0.3) is 0 Å². The number of aliphatic hydroxyl groups is 1. The maximum Gasteiger partial charge on any atom is 0.229 e. The molecule has 0 saturated heterocycles. The minimum absolute atomic E-state index is 0.144. The third-order valence-corrected chi connectivity index (χ3v) is 4.47. The van der Waals surface area contributed by atoms with Crippen LogP contribution in [-0.4, -0.2) is 32.2 Å². The highest BCUT2D eigenvalue weighted by Gasteiger charge is 2.12. The van der Waals surface area contributed by atoms with Crippen LogP contribution in [0.2, 0.25) is 0 Å². The van der Waals surface area contributed by atoms with E-state index in [0.29, 0.717) is 11.8 Å². The van der Waals surface area contributed by atoms with Crippen molar-refractivity contribution in [3.63, 3.8) is 0 Å². The Hall–Kier alpha value is -2.71. The van der Waals surface area contributed by atoms with Crippen molar-refractivity contribution < 1.29 is 5.11 Å². The van der Waals surface area contributed by atoms with Crippen LogP contribution in [0.15, 0.2) is 59.3 Å². The predicted molar refractivity (Wildman–Crippen MR) is 112 cm³/mol. The first-order chi connectivity index (χ1) is 13.0. The molecule has 0 aliphatic rings.